The van der Waals surface area contributed by atoms with E-state index in [1.807, 2.05) is 13.8 Å². The zero-order chi connectivity index (χ0) is 19.6. The minimum absolute atomic E-state index is 0.0167. The molecule has 2 aromatic heterocycles. The van der Waals surface area contributed by atoms with Crippen LogP contribution in [0.25, 0.3) is 10.2 Å². The van der Waals surface area contributed by atoms with Gasteiger partial charge in [-0.15, -0.1) is 11.3 Å². The Morgan fingerprint density at radius 1 is 1.33 bits per heavy atom. The molecule has 7 heteroatoms. The highest BCUT2D eigenvalue weighted by molar-refractivity contribution is 7.99. The quantitative estimate of drug-likeness (QED) is 0.527. The van der Waals surface area contributed by atoms with E-state index < -0.39 is 0 Å². The van der Waals surface area contributed by atoms with Gasteiger partial charge < -0.3 is 5.32 Å². The van der Waals surface area contributed by atoms with Crippen LogP contribution in [0.5, 0.6) is 0 Å². The number of hydrogen-bond acceptors (Lipinski definition) is 5. The minimum atomic E-state index is -0.217. The molecule has 1 N–H and O–H groups in total. The molecule has 1 aliphatic carbocycles. The molecule has 3 rings (SSSR count). The number of fused-ring (bicyclic) bond motifs is 3. The first kappa shape index (κ1) is 20.4. The Morgan fingerprint density at radius 3 is 2.81 bits per heavy atom. The van der Waals surface area contributed by atoms with Crippen LogP contribution in [-0.4, -0.2) is 26.8 Å². The molecule has 0 radical (unpaired) electrons. The lowest BCUT2D eigenvalue weighted by Gasteiger charge is -2.24. The number of carbonyl (C=O) groups is 1. The molecule has 0 saturated carbocycles. The average molecular weight is 408 g/mol. The largest absolute Gasteiger partial charge is 0.351 e. The molecule has 1 amide bonds. The molecule has 2 aromatic rings. The fraction of sp³-hybridized carbons (Fsp3) is 0.650. The molecule has 0 aliphatic heterocycles. The lowest BCUT2D eigenvalue weighted by molar-refractivity contribution is -0.120. The Bertz CT molecular complexity index is 899. The molecular weight excluding hydrogens is 378 g/mol. The van der Waals surface area contributed by atoms with Crippen LogP contribution in [-0.2, 0) is 24.2 Å². The van der Waals surface area contributed by atoms with E-state index in [9.17, 15) is 9.59 Å². The summed E-state index contributed by atoms with van der Waals surface area (Å²) in [5, 5.41) is 4.55. The Kier molecular flexibility index (Phi) is 6.31. The van der Waals surface area contributed by atoms with E-state index in [1.54, 1.807) is 15.9 Å². The Hall–Kier alpha value is -1.34. The second kappa shape index (κ2) is 8.35. The van der Waals surface area contributed by atoms with Gasteiger partial charge in [0, 0.05) is 17.0 Å². The standard InChI is InChI=1S/C20H29N3O2S2/c1-5-7-11-23-18(25)16-13-9-8-10-14(13)27-17(16)21-19(23)26-12-15(24)22-20(3,4)6-2/h5-12H2,1-4H3,(H,22,24). The van der Waals surface area contributed by atoms with Crippen molar-refractivity contribution in [2.75, 3.05) is 5.75 Å². The van der Waals surface area contributed by atoms with E-state index in [0.717, 1.165) is 48.7 Å². The normalized spacial score (nSPS) is 13.9. The highest BCUT2D eigenvalue weighted by Gasteiger charge is 2.24. The molecule has 1 aliphatic rings. The van der Waals surface area contributed by atoms with Crippen LogP contribution in [0, 0.1) is 0 Å². The summed E-state index contributed by atoms with van der Waals surface area (Å²) < 4.78 is 1.79. The third-order valence-corrected chi connectivity index (χ3v) is 7.38. The zero-order valence-corrected chi connectivity index (χ0v) is 18.3. The van der Waals surface area contributed by atoms with Crippen molar-refractivity contribution in [3.63, 3.8) is 0 Å². The molecule has 0 aromatic carbocycles. The summed E-state index contributed by atoms with van der Waals surface area (Å²) in [6.07, 6.45) is 6.00. The topological polar surface area (TPSA) is 64.0 Å². The van der Waals surface area contributed by atoms with Crippen molar-refractivity contribution in [1.82, 2.24) is 14.9 Å². The van der Waals surface area contributed by atoms with Crippen molar-refractivity contribution >= 4 is 39.2 Å². The van der Waals surface area contributed by atoms with Crippen LogP contribution in [0.3, 0.4) is 0 Å². The highest BCUT2D eigenvalue weighted by atomic mass is 32.2. The van der Waals surface area contributed by atoms with Crippen molar-refractivity contribution in [2.45, 2.75) is 83.5 Å². The number of rotatable bonds is 8. The maximum absolute atomic E-state index is 13.2. The van der Waals surface area contributed by atoms with E-state index in [-0.39, 0.29) is 22.8 Å². The van der Waals surface area contributed by atoms with Crippen molar-refractivity contribution in [1.29, 1.82) is 0 Å². The summed E-state index contributed by atoms with van der Waals surface area (Å²) in [5.74, 6) is 0.260. The summed E-state index contributed by atoms with van der Waals surface area (Å²) in [6, 6.07) is 0. The number of hydrogen-bond donors (Lipinski definition) is 1. The first-order valence-corrected chi connectivity index (χ1v) is 11.7. The Morgan fingerprint density at radius 2 is 2.11 bits per heavy atom. The number of aromatic nitrogens is 2. The Balaban J connectivity index is 1.89. The van der Waals surface area contributed by atoms with Crippen LogP contribution in [0.2, 0.25) is 0 Å². The third kappa shape index (κ3) is 4.40. The number of aryl methyl sites for hydroxylation is 2. The fourth-order valence-corrected chi connectivity index (χ4v) is 5.44. The number of unbranched alkanes of at least 4 members (excludes halogenated alkanes) is 1. The molecule has 2 heterocycles. The molecule has 0 spiro atoms. The van der Waals surface area contributed by atoms with Gasteiger partial charge in [-0.25, -0.2) is 4.98 Å². The molecule has 0 unspecified atom stereocenters. The van der Waals surface area contributed by atoms with Crippen LogP contribution in [0.4, 0.5) is 0 Å². The zero-order valence-electron chi connectivity index (χ0n) is 16.7. The van der Waals surface area contributed by atoms with Gasteiger partial charge in [0.2, 0.25) is 5.91 Å². The predicted molar refractivity (Wildman–Crippen MR) is 114 cm³/mol. The molecule has 27 heavy (non-hydrogen) atoms. The lowest BCUT2D eigenvalue weighted by atomic mass is 10.0. The van der Waals surface area contributed by atoms with Gasteiger partial charge in [0.15, 0.2) is 5.16 Å². The summed E-state index contributed by atoms with van der Waals surface area (Å²) in [7, 11) is 0. The van der Waals surface area contributed by atoms with Crippen molar-refractivity contribution in [3.05, 3.63) is 20.8 Å². The van der Waals surface area contributed by atoms with Crippen LogP contribution >= 0.6 is 23.1 Å². The summed E-state index contributed by atoms with van der Waals surface area (Å²) >= 11 is 3.03. The first-order chi connectivity index (χ1) is 12.9. The molecule has 0 bridgehead atoms. The fourth-order valence-electron chi connectivity index (χ4n) is 3.31. The summed E-state index contributed by atoms with van der Waals surface area (Å²) in [4.78, 5) is 32.5. The summed E-state index contributed by atoms with van der Waals surface area (Å²) in [6.45, 7) is 8.87. The van der Waals surface area contributed by atoms with Crippen LogP contribution in [0.1, 0.15) is 63.8 Å². The van der Waals surface area contributed by atoms with E-state index in [1.165, 1.54) is 22.2 Å². The van der Waals surface area contributed by atoms with Crippen molar-refractivity contribution in [2.24, 2.45) is 0 Å². The smallest absolute Gasteiger partial charge is 0.263 e. The van der Waals surface area contributed by atoms with Gasteiger partial charge in [0.25, 0.3) is 5.56 Å². The lowest BCUT2D eigenvalue weighted by Crippen LogP contribution is -2.43. The average Bonchev–Trinajstić information content (AvgIpc) is 3.19. The second-order valence-corrected chi connectivity index (χ2v) is 9.84. The van der Waals surface area contributed by atoms with Crippen molar-refractivity contribution < 1.29 is 4.79 Å². The Labute approximate surface area is 169 Å². The van der Waals surface area contributed by atoms with Gasteiger partial charge in [-0.2, -0.15) is 0 Å². The van der Waals surface area contributed by atoms with E-state index >= 15 is 0 Å². The molecule has 148 valence electrons. The highest BCUT2D eigenvalue weighted by Crippen LogP contribution is 2.35. The summed E-state index contributed by atoms with van der Waals surface area (Å²) in [5.41, 5.74) is 1.08. The molecule has 0 atom stereocenters. The van der Waals surface area contributed by atoms with Gasteiger partial charge in [-0.1, -0.05) is 32.0 Å². The number of carbonyl (C=O) groups excluding carboxylic acids is 1. The number of thiophene rings is 1. The van der Waals surface area contributed by atoms with E-state index in [2.05, 4.69) is 19.2 Å². The van der Waals surface area contributed by atoms with Gasteiger partial charge in [0.1, 0.15) is 4.83 Å². The van der Waals surface area contributed by atoms with Gasteiger partial charge in [-0.05, 0) is 51.5 Å². The van der Waals surface area contributed by atoms with Crippen LogP contribution in [0.15, 0.2) is 9.95 Å². The molecular formula is C20H29N3O2S2. The van der Waals surface area contributed by atoms with Gasteiger partial charge in [0.05, 0.1) is 11.1 Å². The van der Waals surface area contributed by atoms with Crippen molar-refractivity contribution in [3.8, 4) is 0 Å². The third-order valence-electron chi connectivity index (χ3n) is 5.22. The molecule has 5 nitrogen and oxygen atoms in total. The SMILES string of the molecule is CCCCn1c(SCC(=O)NC(C)(C)CC)nc2sc3c(c2c1=O)CCC3. The number of thioether (sulfide) groups is 1. The predicted octanol–water partition coefficient (Wildman–Crippen LogP) is 4.14. The number of amides is 1. The van der Waals surface area contributed by atoms with E-state index in [4.69, 9.17) is 4.98 Å². The van der Waals surface area contributed by atoms with Gasteiger partial charge in [-0.3, -0.25) is 14.2 Å². The van der Waals surface area contributed by atoms with E-state index in [0.29, 0.717) is 11.7 Å². The second-order valence-electron chi connectivity index (χ2n) is 7.82. The number of nitrogens with one attached hydrogen (secondary N) is 1. The molecule has 0 fully saturated rings. The maximum Gasteiger partial charge on any atom is 0.263 e. The monoisotopic (exact) mass is 407 g/mol. The van der Waals surface area contributed by atoms with Gasteiger partial charge >= 0.3 is 0 Å². The minimum Gasteiger partial charge on any atom is -0.351 e. The van der Waals surface area contributed by atoms with Crippen LogP contribution < -0.4 is 10.9 Å². The number of nitrogens with zero attached hydrogens (tertiary/aromatic N) is 2. The first-order valence-electron chi connectivity index (χ1n) is 9.85. The molecule has 0 saturated heterocycles. The maximum atomic E-state index is 13.2.